The molecule has 0 radical (unpaired) electrons. The highest BCUT2D eigenvalue weighted by Gasteiger charge is 2.32. The number of carbonyl (C=O) groups is 3. The molecule has 11 nitrogen and oxygen atoms in total. The first kappa shape index (κ1) is 30.4. The molecule has 3 fully saturated rings. The number of nitrogens with one attached hydrogen (secondary N) is 2. The summed E-state index contributed by atoms with van der Waals surface area (Å²) in [6.07, 6.45) is 5.11. The van der Waals surface area contributed by atoms with Crippen molar-refractivity contribution in [3.05, 3.63) is 76.9 Å². The number of piperidine rings is 1. The SMILES string of the molecule is C[C@@H]1[C@H](NC(=O)c2ccc(C3CC3)cc2F)CCCN1c1cnc(C(N)=O)c(Nc2ccc(C(=O)N3CCN(C)CC3)cc2)n1. The zero-order valence-electron chi connectivity index (χ0n) is 25.6. The fourth-order valence-corrected chi connectivity index (χ4v) is 6.10. The second kappa shape index (κ2) is 12.8. The van der Waals surface area contributed by atoms with Gasteiger partial charge in [-0.15, -0.1) is 0 Å². The number of nitrogens with two attached hydrogens (primary N) is 1. The maximum Gasteiger partial charge on any atom is 0.271 e. The maximum absolute atomic E-state index is 14.8. The van der Waals surface area contributed by atoms with Crippen LogP contribution in [0.2, 0.25) is 0 Å². The summed E-state index contributed by atoms with van der Waals surface area (Å²) in [6, 6.07) is 11.5. The molecule has 3 aliphatic rings. The topological polar surface area (TPSA) is 137 Å². The minimum atomic E-state index is -0.732. The number of rotatable bonds is 8. The molecule has 2 aromatic carbocycles. The van der Waals surface area contributed by atoms with Crippen molar-refractivity contribution >= 4 is 35.0 Å². The Labute approximate surface area is 262 Å². The van der Waals surface area contributed by atoms with Crippen LogP contribution in [0.3, 0.4) is 0 Å². The van der Waals surface area contributed by atoms with Crippen molar-refractivity contribution in [2.75, 3.05) is 50.0 Å². The summed E-state index contributed by atoms with van der Waals surface area (Å²) in [4.78, 5) is 53.4. The number of hydrogen-bond acceptors (Lipinski definition) is 8. The Bertz CT molecular complexity index is 1590. The van der Waals surface area contributed by atoms with Crippen LogP contribution in [0.1, 0.15) is 75.3 Å². The summed E-state index contributed by atoms with van der Waals surface area (Å²) >= 11 is 0. The van der Waals surface area contributed by atoms with Gasteiger partial charge in [0.15, 0.2) is 11.5 Å². The number of halogens is 1. The van der Waals surface area contributed by atoms with E-state index in [1.165, 1.54) is 12.3 Å². The highest BCUT2D eigenvalue weighted by atomic mass is 19.1. The van der Waals surface area contributed by atoms with Crippen molar-refractivity contribution in [1.82, 2.24) is 25.1 Å². The van der Waals surface area contributed by atoms with Gasteiger partial charge in [-0.2, -0.15) is 0 Å². The summed E-state index contributed by atoms with van der Waals surface area (Å²) in [5.41, 5.74) is 7.79. The van der Waals surface area contributed by atoms with Gasteiger partial charge in [0.1, 0.15) is 11.6 Å². The summed E-state index contributed by atoms with van der Waals surface area (Å²) < 4.78 is 14.8. The van der Waals surface area contributed by atoms with Gasteiger partial charge in [0.25, 0.3) is 17.7 Å². The zero-order valence-corrected chi connectivity index (χ0v) is 25.6. The van der Waals surface area contributed by atoms with Gasteiger partial charge >= 0.3 is 0 Å². The first-order valence-electron chi connectivity index (χ1n) is 15.6. The predicted molar refractivity (Wildman–Crippen MR) is 169 cm³/mol. The Kier molecular flexibility index (Phi) is 8.66. The van der Waals surface area contributed by atoms with Crippen molar-refractivity contribution < 1.29 is 18.8 Å². The van der Waals surface area contributed by atoms with Gasteiger partial charge in [0.05, 0.1) is 11.8 Å². The number of likely N-dealkylation sites (N-methyl/N-ethyl adjacent to an activating group) is 1. The van der Waals surface area contributed by atoms with Gasteiger partial charge in [-0.1, -0.05) is 6.07 Å². The van der Waals surface area contributed by atoms with Gasteiger partial charge in [0.2, 0.25) is 0 Å². The first-order valence-corrected chi connectivity index (χ1v) is 15.6. The Morgan fingerprint density at radius 2 is 1.71 bits per heavy atom. The van der Waals surface area contributed by atoms with Crippen LogP contribution in [-0.4, -0.2) is 89.3 Å². The second-order valence-electron chi connectivity index (χ2n) is 12.3. The third-order valence-corrected chi connectivity index (χ3v) is 9.06. The van der Waals surface area contributed by atoms with Crippen LogP contribution in [-0.2, 0) is 0 Å². The third kappa shape index (κ3) is 6.75. The zero-order chi connectivity index (χ0) is 31.7. The fraction of sp³-hybridized carbons (Fsp3) is 0.424. The van der Waals surface area contributed by atoms with Crippen LogP contribution in [0.4, 0.5) is 21.7 Å². The Morgan fingerprint density at radius 1 is 0.978 bits per heavy atom. The Hall–Kier alpha value is -4.58. The molecule has 4 N–H and O–H groups in total. The van der Waals surface area contributed by atoms with Crippen molar-refractivity contribution in [2.24, 2.45) is 5.73 Å². The monoisotopic (exact) mass is 614 g/mol. The van der Waals surface area contributed by atoms with E-state index in [1.807, 2.05) is 29.8 Å². The molecule has 1 saturated carbocycles. The van der Waals surface area contributed by atoms with Gasteiger partial charge in [-0.05, 0) is 87.5 Å². The molecular weight excluding hydrogens is 575 g/mol. The molecule has 12 heteroatoms. The molecule has 3 heterocycles. The lowest BCUT2D eigenvalue weighted by Crippen LogP contribution is -2.54. The average molecular weight is 615 g/mol. The molecule has 2 saturated heterocycles. The molecule has 2 atom stereocenters. The van der Waals surface area contributed by atoms with Crippen molar-refractivity contribution in [2.45, 2.75) is 50.6 Å². The number of hydrogen-bond donors (Lipinski definition) is 3. The van der Waals surface area contributed by atoms with E-state index < -0.39 is 17.6 Å². The van der Waals surface area contributed by atoms with E-state index in [0.717, 1.165) is 44.3 Å². The van der Waals surface area contributed by atoms with E-state index in [4.69, 9.17) is 10.7 Å². The average Bonchev–Trinajstić information content (AvgIpc) is 3.88. The number of aromatic nitrogens is 2. The number of primary amides is 1. The standard InChI is InChI=1S/C33H39FN8O3/c1-20-27(38-32(44)25-12-9-23(18-26(25)34)21-5-6-21)4-3-13-42(20)28-19-36-29(30(35)43)31(39-28)37-24-10-7-22(8-11-24)33(45)41-16-14-40(2)15-17-41/h7-12,18-21,27H,3-6,13-17H2,1-2H3,(H2,35,43)(H,37,39)(H,38,44)/t20-,27-/m1/s1. The summed E-state index contributed by atoms with van der Waals surface area (Å²) in [7, 11) is 2.04. The summed E-state index contributed by atoms with van der Waals surface area (Å²) in [6.45, 7) is 5.68. The Morgan fingerprint density at radius 3 is 2.38 bits per heavy atom. The lowest BCUT2D eigenvalue weighted by Gasteiger charge is -2.40. The minimum Gasteiger partial charge on any atom is -0.364 e. The fourth-order valence-electron chi connectivity index (χ4n) is 6.10. The van der Waals surface area contributed by atoms with Gasteiger partial charge < -0.3 is 31.1 Å². The summed E-state index contributed by atoms with van der Waals surface area (Å²) in [5, 5.41) is 6.17. The summed E-state index contributed by atoms with van der Waals surface area (Å²) in [5.74, 6) is -0.595. The molecule has 1 aromatic heterocycles. The predicted octanol–water partition coefficient (Wildman–Crippen LogP) is 3.51. The van der Waals surface area contributed by atoms with Crippen LogP contribution in [0.5, 0.6) is 0 Å². The lowest BCUT2D eigenvalue weighted by atomic mass is 9.96. The smallest absolute Gasteiger partial charge is 0.271 e. The number of anilines is 3. The van der Waals surface area contributed by atoms with Gasteiger partial charge in [-0.25, -0.2) is 14.4 Å². The maximum atomic E-state index is 14.8. The quantitative estimate of drug-likeness (QED) is 0.351. The van der Waals surface area contributed by atoms with Crippen molar-refractivity contribution in [3.8, 4) is 0 Å². The van der Waals surface area contributed by atoms with Crippen LogP contribution >= 0.6 is 0 Å². The molecule has 0 bridgehead atoms. The molecule has 0 spiro atoms. The van der Waals surface area contributed by atoms with Crippen LogP contribution < -0.4 is 21.3 Å². The van der Waals surface area contributed by atoms with E-state index in [1.54, 1.807) is 30.3 Å². The van der Waals surface area contributed by atoms with E-state index >= 15 is 0 Å². The molecule has 236 valence electrons. The number of nitrogens with zero attached hydrogens (tertiary/aromatic N) is 5. The van der Waals surface area contributed by atoms with E-state index in [-0.39, 0.29) is 35.1 Å². The molecular formula is C33H39FN8O3. The molecule has 6 rings (SSSR count). The third-order valence-electron chi connectivity index (χ3n) is 9.06. The minimum absolute atomic E-state index is 0.0176. The molecule has 2 aliphatic heterocycles. The number of amides is 3. The Balaban J connectivity index is 1.15. The first-order chi connectivity index (χ1) is 21.7. The van der Waals surface area contributed by atoms with Crippen LogP contribution in [0, 0.1) is 5.82 Å². The molecule has 1 aliphatic carbocycles. The van der Waals surface area contributed by atoms with E-state index in [9.17, 15) is 18.8 Å². The number of carbonyl (C=O) groups excluding carboxylic acids is 3. The van der Waals surface area contributed by atoms with Crippen molar-refractivity contribution in [3.63, 3.8) is 0 Å². The largest absolute Gasteiger partial charge is 0.364 e. The number of benzene rings is 2. The van der Waals surface area contributed by atoms with E-state index in [2.05, 4.69) is 20.5 Å². The molecule has 45 heavy (non-hydrogen) atoms. The second-order valence-corrected chi connectivity index (χ2v) is 12.3. The highest BCUT2D eigenvalue weighted by Crippen LogP contribution is 2.40. The van der Waals surface area contributed by atoms with Crippen molar-refractivity contribution in [1.29, 1.82) is 0 Å². The van der Waals surface area contributed by atoms with Gasteiger partial charge in [0, 0.05) is 56.1 Å². The van der Waals surface area contributed by atoms with Gasteiger partial charge in [-0.3, -0.25) is 14.4 Å². The van der Waals surface area contributed by atoms with Crippen LogP contribution in [0.25, 0.3) is 0 Å². The molecule has 3 aromatic rings. The molecule has 0 unspecified atom stereocenters. The number of piperazine rings is 1. The normalized spacial score (nSPS) is 20.5. The lowest BCUT2D eigenvalue weighted by molar-refractivity contribution is 0.0663. The highest BCUT2D eigenvalue weighted by molar-refractivity contribution is 5.97. The van der Waals surface area contributed by atoms with Crippen LogP contribution in [0.15, 0.2) is 48.7 Å². The van der Waals surface area contributed by atoms with E-state index in [0.29, 0.717) is 42.6 Å². The molecule has 3 amide bonds.